The summed E-state index contributed by atoms with van der Waals surface area (Å²) < 4.78 is 98.1. The van der Waals surface area contributed by atoms with Gasteiger partial charge in [0.25, 0.3) is 0 Å². The molecule has 0 aliphatic carbocycles. The number of hydrogen-bond donors (Lipinski definition) is 3. The highest BCUT2D eigenvalue weighted by molar-refractivity contribution is 5.80. The summed E-state index contributed by atoms with van der Waals surface area (Å²) in [6, 6.07) is 8.78. The molecule has 2 aliphatic rings. The van der Waals surface area contributed by atoms with Crippen LogP contribution < -0.4 is 16.8 Å². The number of nitrogens with one attached hydrogen (secondary N) is 1. The number of nitrogens with zero attached hydrogens (tertiary/aromatic N) is 1. The van der Waals surface area contributed by atoms with Crippen LogP contribution in [0.5, 0.6) is 0 Å². The van der Waals surface area contributed by atoms with Gasteiger partial charge in [0.15, 0.2) is 0 Å². The lowest BCUT2D eigenvalue weighted by Crippen LogP contribution is -2.65. The van der Waals surface area contributed by atoms with Crippen molar-refractivity contribution in [3.63, 3.8) is 0 Å². The van der Waals surface area contributed by atoms with Crippen molar-refractivity contribution in [3.8, 4) is 0 Å². The van der Waals surface area contributed by atoms with Crippen molar-refractivity contribution >= 4 is 18.0 Å². The van der Waals surface area contributed by atoms with E-state index in [2.05, 4.69) is 5.32 Å². The van der Waals surface area contributed by atoms with Crippen LogP contribution in [0.15, 0.2) is 48.5 Å². The standard InChI is InChI=1S/C33H40F6N4O6/c1-21(22-15-24(32(34,35)36)17-25(16-22)33(37,38)39)47-19-31(23-7-3-2-4-8-23)13-12-30(11-10-27(44)42-30)18-43(31)29(46)49-20-48-28(45)26(41)9-5-6-14-40/h2-4,7-8,15-17,21,26H,5-6,9-14,18-20,40-41H2,1H3,(H,42,44)/t21-,26?,30-,31-/m1/s1. The zero-order valence-corrected chi connectivity index (χ0v) is 26.9. The maximum absolute atomic E-state index is 13.8. The van der Waals surface area contributed by atoms with Crippen molar-refractivity contribution in [1.82, 2.24) is 10.2 Å². The molecule has 2 aliphatic heterocycles. The summed E-state index contributed by atoms with van der Waals surface area (Å²) in [4.78, 5) is 39.8. The zero-order chi connectivity index (χ0) is 36.0. The van der Waals surface area contributed by atoms with E-state index in [-0.39, 0.29) is 43.5 Å². The molecule has 0 saturated carbocycles. The van der Waals surface area contributed by atoms with Gasteiger partial charge in [-0.1, -0.05) is 36.8 Å². The Morgan fingerprint density at radius 1 is 0.959 bits per heavy atom. The lowest BCUT2D eigenvalue weighted by atomic mass is 9.74. The molecule has 5 N–H and O–H groups in total. The molecule has 2 saturated heterocycles. The van der Waals surface area contributed by atoms with Gasteiger partial charge < -0.3 is 31.0 Å². The third-order valence-corrected chi connectivity index (χ3v) is 9.07. The van der Waals surface area contributed by atoms with Gasteiger partial charge in [-0.25, -0.2) is 4.79 Å². The summed E-state index contributed by atoms with van der Waals surface area (Å²) >= 11 is 0. The number of ether oxygens (including phenoxy) is 3. The number of rotatable bonds is 12. The van der Waals surface area contributed by atoms with E-state index in [1.165, 1.54) is 11.8 Å². The van der Waals surface area contributed by atoms with E-state index >= 15 is 0 Å². The average molecular weight is 703 g/mol. The number of amides is 2. The van der Waals surface area contributed by atoms with Crippen molar-refractivity contribution in [2.45, 2.75) is 87.4 Å². The fraction of sp³-hybridized carbons (Fsp3) is 0.545. The topological polar surface area (TPSA) is 146 Å². The maximum Gasteiger partial charge on any atom is 0.416 e. The predicted octanol–water partition coefficient (Wildman–Crippen LogP) is 5.54. The highest BCUT2D eigenvalue weighted by Gasteiger charge is 2.54. The van der Waals surface area contributed by atoms with Crippen LogP contribution in [0.3, 0.4) is 0 Å². The maximum atomic E-state index is 13.8. The van der Waals surface area contributed by atoms with Gasteiger partial charge in [0.1, 0.15) is 6.04 Å². The summed E-state index contributed by atoms with van der Waals surface area (Å²) in [6.45, 7) is 0.510. The van der Waals surface area contributed by atoms with Gasteiger partial charge in [0.05, 0.1) is 34.9 Å². The van der Waals surface area contributed by atoms with Gasteiger partial charge in [-0.15, -0.1) is 0 Å². The molecule has 2 aromatic rings. The first-order chi connectivity index (χ1) is 23.0. The van der Waals surface area contributed by atoms with Crippen molar-refractivity contribution in [2.75, 3.05) is 26.5 Å². The molecule has 0 radical (unpaired) electrons. The minimum atomic E-state index is -5.05. The second-order valence-corrected chi connectivity index (χ2v) is 12.5. The third-order valence-electron chi connectivity index (χ3n) is 9.07. The number of likely N-dealkylation sites (tertiary alicyclic amines) is 1. The molecule has 2 heterocycles. The first-order valence-corrected chi connectivity index (χ1v) is 15.8. The lowest BCUT2D eigenvalue weighted by Gasteiger charge is -2.52. The fourth-order valence-corrected chi connectivity index (χ4v) is 6.24. The van der Waals surface area contributed by atoms with Crippen LogP contribution in [0.2, 0.25) is 0 Å². The molecule has 2 amide bonds. The summed E-state index contributed by atoms with van der Waals surface area (Å²) in [5.41, 5.74) is 6.34. The Bertz CT molecular complexity index is 1440. The second-order valence-electron chi connectivity index (χ2n) is 12.5. The quantitative estimate of drug-likeness (QED) is 0.113. The highest BCUT2D eigenvalue weighted by atomic mass is 19.4. The number of benzene rings is 2. The first-order valence-electron chi connectivity index (χ1n) is 15.8. The molecule has 2 aromatic carbocycles. The predicted molar refractivity (Wildman–Crippen MR) is 163 cm³/mol. The van der Waals surface area contributed by atoms with Crippen LogP contribution in [0.1, 0.15) is 80.2 Å². The molecule has 0 bridgehead atoms. The van der Waals surface area contributed by atoms with E-state index in [1.807, 2.05) is 0 Å². The lowest BCUT2D eigenvalue weighted by molar-refractivity contribution is -0.156. The number of piperidine rings is 1. The van der Waals surface area contributed by atoms with E-state index in [4.69, 9.17) is 25.7 Å². The van der Waals surface area contributed by atoms with E-state index in [0.717, 1.165) is 0 Å². The Hall–Kier alpha value is -3.89. The molecular weight excluding hydrogens is 662 g/mol. The molecular formula is C33H40F6N4O6. The van der Waals surface area contributed by atoms with Crippen molar-refractivity contribution < 1.29 is 54.9 Å². The summed E-state index contributed by atoms with van der Waals surface area (Å²) in [5.74, 6) is -1.01. The zero-order valence-electron chi connectivity index (χ0n) is 26.9. The SMILES string of the molecule is C[C@@H](OC[C@@]1(c2ccccc2)CC[C@]2(CCC(=O)N2)CN1C(=O)OCOC(=O)C(N)CCCCN)c1cc(C(F)(F)F)cc(C(F)(F)F)c1. The fourth-order valence-electron chi connectivity index (χ4n) is 6.24. The van der Waals surface area contributed by atoms with E-state index in [1.54, 1.807) is 30.3 Å². The molecule has 10 nitrogen and oxygen atoms in total. The van der Waals surface area contributed by atoms with Crippen molar-refractivity contribution in [1.29, 1.82) is 0 Å². The molecule has 270 valence electrons. The van der Waals surface area contributed by atoms with Gasteiger partial charge in [0, 0.05) is 13.0 Å². The van der Waals surface area contributed by atoms with Crippen LogP contribution in [0.25, 0.3) is 0 Å². The molecule has 1 spiro atoms. The smallest absolute Gasteiger partial charge is 0.416 e. The Kier molecular flexibility index (Phi) is 11.9. The van der Waals surface area contributed by atoms with Crippen LogP contribution >= 0.6 is 0 Å². The van der Waals surface area contributed by atoms with Crippen LogP contribution in [-0.2, 0) is 41.7 Å². The Balaban J connectivity index is 1.63. The Morgan fingerprint density at radius 2 is 1.61 bits per heavy atom. The summed E-state index contributed by atoms with van der Waals surface area (Å²) in [5, 5.41) is 2.94. The minimum Gasteiger partial charge on any atom is -0.427 e. The molecule has 2 fully saturated rings. The second kappa shape index (κ2) is 15.3. The number of hydrogen-bond acceptors (Lipinski definition) is 8. The molecule has 16 heteroatoms. The van der Waals surface area contributed by atoms with Crippen molar-refractivity contribution in [2.24, 2.45) is 11.5 Å². The number of unbranched alkanes of at least 4 members (excludes halogenated alkanes) is 1. The van der Waals surface area contributed by atoms with Gasteiger partial charge >= 0.3 is 24.4 Å². The number of alkyl halides is 6. The molecule has 0 aromatic heterocycles. The number of carbonyl (C=O) groups is 3. The largest absolute Gasteiger partial charge is 0.427 e. The number of halogens is 6. The van der Waals surface area contributed by atoms with Gasteiger partial charge in [0.2, 0.25) is 12.7 Å². The van der Waals surface area contributed by atoms with Crippen LogP contribution in [0, 0.1) is 0 Å². The van der Waals surface area contributed by atoms with Gasteiger partial charge in [-0.2, -0.15) is 26.3 Å². The molecule has 1 unspecified atom stereocenters. The third kappa shape index (κ3) is 9.22. The summed E-state index contributed by atoms with van der Waals surface area (Å²) in [7, 11) is 0. The van der Waals surface area contributed by atoms with Crippen molar-refractivity contribution in [3.05, 3.63) is 70.8 Å². The normalized spacial score (nSPS) is 22.5. The molecule has 4 rings (SSSR count). The summed E-state index contributed by atoms with van der Waals surface area (Å²) in [6.07, 6.45) is -9.65. The van der Waals surface area contributed by atoms with E-state index in [9.17, 15) is 40.7 Å². The van der Waals surface area contributed by atoms with Crippen LogP contribution in [0.4, 0.5) is 31.1 Å². The Morgan fingerprint density at radius 3 is 2.18 bits per heavy atom. The van der Waals surface area contributed by atoms with Gasteiger partial charge in [-0.3, -0.25) is 14.5 Å². The number of carbonyl (C=O) groups excluding carboxylic acids is 3. The first kappa shape index (κ1) is 37.9. The van der Waals surface area contributed by atoms with E-state index in [0.29, 0.717) is 56.3 Å². The highest BCUT2D eigenvalue weighted by Crippen LogP contribution is 2.45. The monoisotopic (exact) mass is 702 g/mol. The minimum absolute atomic E-state index is 0.0374. The Labute approximate surface area is 279 Å². The van der Waals surface area contributed by atoms with Crippen LogP contribution in [-0.4, -0.2) is 60.9 Å². The van der Waals surface area contributed by atoms with Gasteiger partial charge in [-0.05, 0) is 74.9 Å². The molecule has 4 atom stereocenters. The molecule has 49 heavy (non-hydrogen) atoms. The number of esters is 1. The average Bonchev–Trinajstić information content (AvgIpc) is 3.42. The van der Waals surface area contributed by atoms with E-state index < -0.39 is 65.6 Å². The number of nitrogens with two attached hydrogens (primary N) is 2.